The lowest BCUT2D eigenvalue weighted by atomic mass is 10.2. The summed E-state index contributed by atoms with van der Waals surface area (Å²) in [6, 6.07) is 9.36. The molecule has 1 amide bonds. The fraction of sp³-hybridized carbons (Fsp3) is 0.235. The number of aromatic nitrogens is 4. The number of amides is 1. The maximum absolute atomic E-state index is 12.4. The van der Waals surface area contributed by atoms with Crippen molar-refractivity contribution in [2.45, 2.75) is 26.9 Å². The number of nitrogens with zero attached hydrogens (tertiary/aromatic N) is 4. The number of hydrogen-bond donors (Lipinski definition) is 1. The smallest absolute Gasteiger partial charge is 0.274 e. The Labute approximate surface area is 145 Å². The maximum atomic E-state index is 12.4. The summed E-state index contributed by atoms with van der Waals surface area (Å²) in [6.07, 6.45) is 3.43. The van der Waals surface area contributed by atoms with Crippen LogP contribution in [0.2, 0.25) is 5.02 Å². The maximum Gasteiger partial charge on any atom is 0.274 e. The lowest BCUT2D eigenvalue weighted by molar-refractivity contribution is 0.101. The van der Waals surface area contributed by atoms with Crippen molar-refractivity contribution in [3.8, 4) is 0 Å². The van der Waals surface area contributed by atoms with Gasteiger partial charge >= 0.3 is 0 Å². The van der Waals surface area contributed by atoms with E-state index >= 15 is 0 Å². The first kappa shape index (κ1) is 16.3. The first-order valence-electron chi connectivity index (χ1n) is 7.68. The van der Waals surface area contributed by atoms with Crippen LogP contribution in [0.25, 0.3) is 0 Å². The van der Waals surface area contributed by atoms with Gasteiger partial charge in [-0.15, -0.1) is 0 Å². The average molecular weight is 344 g/mol. The molecule has 1 N–H and O–H groups in total. The molecular weight excluding hydrogens is 326 g/mol. The molecule has 124 valence electrons. The Bertz CT molecular complexity index is 850. The van der Waals surface area contributed by atoms with Crippen LogP contribution in [0.3, 0.4) is 0 Å². The number of carbonyl (C=O) groups excluding carboxylic acids is 1. The fourth-order valence-corrected chi connectivity index (χ4v) is 2.58. The second kappa shape index (κ2) is 6.88. The van der Waals surface area contributed by atoms with Gasteiger partial charge in [-0.1, -0.05) is 23.7 Å². The number of carbonyl (C=O) groups is 1. The minimum Gasteiger partial charge on any atom is -0.318 e. The standard InChI is InChI=1S/C17H18ClN5O/c1-3-23-16(8-12(2)21-23)17(24)20-15-9-19-22(11-15)10-13-4-6-14(18)7-5-13/h4-9,11H,3,10H2,1-2H3,(H,20,24). The molecule has 2 heterocycles. The minimum atomic E-state index is -0.191. The Hall–Kier alpha value is -2.60. The number of aryl methyl sites for hydroxylation is 2. The van der Waals surface area contributed by atoms with Crippen molar-refractivity contribution >= 4 is 23.2 Å². The largest absolute Gasteiger partial charge is 0.318 e. The molecule has 0 aliphatic heterocycles. The number of halogens is 1. The molecule has 3 rings (SSSR count). The third kappa shape index (κ3) is 3.65. The quantitative estimate of drug-likeness (QED) is 0.772. The number of hydrogen-bond acceptors (Lipinski definition) is 3. The highest BCUT2D eigenvalue weighted by atomic mass is 35.5. The van der Waals surface area contributed by atoms with E-state index in [0.29, 0.717) is 29.5 Å². The van der Waals surface area contributed by atoms with Gasteiger partial charge in [-0.3, -0.25) is 14.2 Å². The lowest BCUT2D eigenvalue weighted by Crippen LogP contribution is -2.17. The molecule has 6 nitrogen and oxygen atoms in total. The molecule has 0 atom stereocenters. The number of anilines is 1. The minimum absolute atomic E-state index is 0.191. The van der Waals surface area contributed by atoms with Crippen LogP contribution in [0, 0.1) is 6.92 Å². The molecule has 3 aromatic rings. The van der Waals surface area contributed by atoms with Gasteiger partial charge in [0.2, 0.25) is 0 Å². The van der Waals surface area contributed by atoms with E-state index in [0.717, 1.165) is 11.3 Å². The highest BCUT2D eigenvalue weighted by molar-refractivity contribution is 6.30. The molecule has 0 spiro atoms. The van der Waals surface area contributed by atoms with Crippen molar-refractivity contribution in [3.05, 3.63) is 64.7 Å². The average Bonchev–Trinajstić information content (AvgIpc) is 3.15. The summed E-state index contributed by atoms with van der Waals surface area (Å²) in [6.45, 7) is 5.08. The molecule has 0 radical (unpaired) electrons. The summed E-state index contributed by atoms with van der Waals surface area (Å²) in [4.78, 5) is 12.4. The molecule has 0 unspecified atom stereocenters. The third-order valence-electron chi connectivity index (χ3n) is 3.58. The van der Waals surface area contributed by atoms with Gasteiger partial charge in [-0.25, -0.2) is 0 Å². The first-order chi connectivity index (χ1) is 11.5. The van der Waals surface area contributed by atoms with E-state index in [-0.39, 0.29) is 5.91 Å². The van der Waals surface area contributed by atoms with Gasteiger partial charge in [0.05, 0.1) is 24.1 Å². The third-order valence-corrected chi connectivity index (χ3v) is 3.84. The molecule has 2 aromatic heterocycles. The molecule has 24 heavy (non-hydrogen) atoms. The fourth-order valence-electron chi connectivity index (χ4n) is 2.46. The molecule has 0 bridgehead atoms. The van der Waals surface area contributed by atoms with Crippen molar-refractivity contribution < 1.29 is 4.79 Å². The molecule has 7 heteroatoms. The van der Waals surface area contributed by atoms with Crippen molar-refractivity contribution in [2.24, 2.45) is 0 Å². The van der Waals surface area contributed by atoms with E-state index in [1.807, 2.05) is 38.1 Å². The normalized spacial score (nSPS) is 10.8. The van der Waals surface area contributed by atoms with Crippen molar-refractivity contribution in [3.63, 3.8) is 0 Å². The summed E-state index contributed by atoms with van der Waals surface area (Å²) in [5.41, 5.74) is 3.09. The molecule has 1 aromatic carbocycles. The van der Waals surface area contributed by atoms with Crippen molar-refractivity contribution in [1.82, 2.24) is 19.6 Å². The topological polar surface area (TPSA) is 64.7 Å². The van der Waals surface area contributed by atoms with Crippen LogP contribution in [-0.4, -0.2) is 25.5 Å². The van der Waals surface area contributed by atoms with E-state index in [1.165, 1.54) is 0 Å². The Morgan fingerprint density at radius 3 is 2.75 bits per heavy atom. The van der Waals surface area contributed by atoms with Gasteiger partial charge in [0.15, 0.2) is 0 Å². The van der Waals surface area contributed by atoms with Crippen molar-refractivity contribution in [1.29, 1.82) is 0 Å². The summed E-state index contributed by atoms with van der Waals surface area (Å²) in [5, 5.41) is 12.1. The Morgan fingerprint density at radius 2 is 2.04 bits per heavy atom. The van der Waals surface area contributed by atoms with Gasteiger partial charge in [0.1, 0.15) is 5.69 Å². The second-order valence-electron chi connectivity index (χ2n) is 5.49. The first-order valence-corrected chi connectivity index (χ1v) is 8.05. The monoisotopic (exact) mass is 343 g/mol. The van der Waals surface area contributed by atoms with Gasteiger partial charge < -0.3 is 5.32 Å². The van der Waals surface area contributed by atoms with Gasteiger partial charge in [0, 0.05) is 17.8 Å². The van der Waals surface area contributed by atoms with E-state index in [2.05, 4.69) is 15.5 Å². The lowest BCUT2D eigenvalue weighted by Gasteiger charge is -2.04. The van der Waals surface area contributed by atoms with E-state index in [1.54, 1.807) is 27.8 Å². The summed E-state index contributed by atoms with van der Waals surface area (Å²) < 4.78 is 3.45. The van der Waals surface area contributed by atoms with Crippen LogP contribution in [0.1, 0.15) is 28.7 Å². The summed E-state index contributed by atoms with van der Waals surface area (Å²) in [7, 11) is 0. The van der Waals surface area contributed by atoms with Crippen molar-refractivity contribution in [2.75, 3.05) is 5.32 Å². The van der Waals surface area contributed by atoms with Gasteiger partial charge in [0.25, 0.3) is 5.91 Å². The molecule has 0 fully saturated rings. The van der Waals surface area contributed by atoms with Crippen LogP contribution < -0.4 is 5.32 Å². The summed E-state index contributed by atoms with van der Waals surface area (Å²) in [5.74, 6) is -0.191. The van der Waals surface area contributed by atoms with Crippen LogP contribution >= 0.6 is 11.6 Å². The molecule has 0 aliphatic carbocycles. The molecule has 0 saturated carbocycles. The highest BCUT2D eigenvalue weighted by Gasteiger charge is 2.14. The van der Waals surface area contributed by atoms with Crippen LogP contribution in [0.5, 0.6) is 0 Å². The predicted octanol–water partition coefficient (Wildman–Crippen LogP) is 3.36. The predicted molar refractivity (Wildman–Crippen MR) is 93.4 cm³/mol. The number of nitrogens with one attached hydrogen (secondary N) is 1. The van der Waals surface area contributed by atoms with Crippen LogP contribution in [-0.2, 0) is 13.1 Å². The summed E-state index contributed by atoms with van der Waals surface area (Å²) >= 11 is 5.88. The Kier molecular flexibility index (Phi) is 4.66. The zero-order valence-corrected chi connectivity index (χ0v) is 14.3. The zero-order valence-electron chi connectivity index (χ0n) is 13.5. The van der Waals surface area contributed by atoms with Crippen LogP contribution in [0.4, 0.5) is 5.69 Å². The number of rotatable bonds is 5. The van der Waals surface area contributed by atoms with Crippen LogP contribution in [0.15, 0.2) is 42.7 Å². The molecule has 0 aliphatic rings. The highest BCUT2D eigenvalue weighted by Crippen LogP contribution is 2.13. The van der Waals surface area contributed by atoms with E-state index in [4.69, 9.17) is 11.6 Å². The van der Waals surface area contributed by atoms with E-state index < -0.39 is 0 Å². The second-order valence-corrected chi connectivity index (χ2v) is 5.93. The van der Waals surface area contributed by atoms with E-state index in [9.17, 15) is 4.79 Å². The Balaban J connectivity index is 1.69. The molecular formula is C17H18ClN5O. The zero-order chi connectivity index (χ0) is 17.1. The Morgan fingerprint density at radius 1 is 1.29 bits per heavy atom. The van der Waals surface area contributed by atoms with Gasteiger partial charge in [-0.2, -0.15) is 10.2 Å². The van der Waals surface area contributed by atoms with Gasteiger partial charge in [-0.05, 0) is 37.6 Å². The SMILES string of the molecule is CCn1nc(C)cc1C(=O)Nc1cnn(Cc2ccc(Cl)cc2)c1. The number of benzene rings is 1. The molecule has 0 saturated heterocycles.